The van der Waals surface area contributed by atoms with E-state index in [-0.39, 0.29) is 51.2 Å². The van der Waals surface area contributed by atoms with Crippen molar-refractivity contribution in [3.05, 3.63) is 203 Å². The molecule has 0 saturated carbocycles. The molecule has 0 bridgehead atoms. The summed E-state index contributed by atoms with van der Waals surface area (Å²) >= 11 is 0. The van der Waals surface area contributed by atoms with Crippen molar-refractivity contribution in [3.63, 3.8) is 0 Å². The van der Waals surface area contributed by atoms with Gasteiger partial charge in [-0.3, -0.25) is 4.57 Å². The highest BCUT2D eigenvalue weighted by Gasteiger charge is 2.39. The van der Waals surface area contributed by atoms with Crippen molar-refractivity contribution in [2.24, 2.45) is 0 Å². The van der Waals surface area contributed by atoms with Crippen molar-refractivity contribution in [1.29, 1.82) is 0 Å². The molecule has 0 saturated heterocycles. The summed E-state index contributed by atoms with van der Waals surface area (Å²) in [5, 5.41) is 1.69. The van der Waals surface area contributed by atoms with E-state index in [2.05, 4.69) is 20.8 Å². The maximum absolute atomic E-state index is 18.0. The van der Waals surface area contributed by atoms with E-state index in [9.17, 15) is 5.48 Å². The Balaban J connectivity index is 1.21. The van der Waals surface area contributed by atoms with Crippen molar-refractivity contribution in [2.75, 3.05) is 16.5 Å². The van der Waals surface area contributed by atoms with E-state index in [1.165, 1.54) is 12.1 Å². The summed E-state index contributed by atoms with van der Waals surface area (Å²) in [5.41, 5.74) is 5.25. The first kappa shape index (κ1) is 32.6. The Kier molecular flexibility index (Phi) is 7.82. The van der Waals surface area contributed by atoms with Gasteiger partial charge < -0.3 is 9.80 Å². The van der Waals surface area contributed by atoms with Gasteiger partial charge in [0.1, 0.15) is 12.5 Å². The Bertz CT molecular complexity index is 3780. The van der Waals surface area contributed by atoms with Crippen molar-refractivity contribution in [1.82, 2.24) is 9.55 Å². The summed E-state index contributed by atoms with van der Waals surface area (Å²) in [7, 11) is 0. The molecule has 0 atom stereocenters. The van der Waals surface area contributed by atoms with Gasteiger partial charge in [0.15, 0.2) is 0 Å². The van der Waals surface area contributed by atoms with Crippen LogP contribution in [0.1, 0.15) is 94.2 Å². The van der Waals surface area contributed by atoms with Gasteiger partial charge in [-0.05, 0) is 125 Å². The third-order valence-corrected chi connectivity index (χ3v) is 13.2. The van der Waals surface area contributed by atoms with Crippen LogP contribution in [0.3, 0.4) is 0 Å². The fourth-order valence-electron chi connectivity index (χ4n) is 9.36. The first-order valence-electron chi connectivity index (χ1n) is 27.1. The van der Waals surface area contributed by atoms with Gasteiger partial charge in [-0.25, -0.2) is 4.98 Å². The molecule has 3 heterocycles. The molecule has 1 aliphatic heterocycles. The van der Waals surface area contributed by atoms with Crippen LogP contribution >= 0.6 is 0 Å². The second-order valence-electron chi connectivity index (χ2n) is 19.3. The SMILES string of the molecule is [2H]c1c([2H])c([2H])c(-c2c(C)c(C)c(C)c(-c3c([2H])c([2H])c([2H])c([2H])c3[2H])c2N2CN(c3cc(C(C)(C)C)cc(C(F)(F)c4ccc5c6ccccc6n(-c6cc(C(C)(C)C)ccn6)c5c4)c3)c3ccccc32)c([2H])c1[2H]. The minimum atomic E-state index is -3.56. The highest BCUT2D eigenvalue weighted by atomic mass is 19.3. The number of alkyl halides is 2. The van der Waals surface area contributed by atoms with E-state index in [0.29, 0.717) is 50.7 Å². The number of benzene rings is 7. The first-order chi connectivity index (χ1) is 35.7. The second kappa shape index (κ2) is 15.8. The lowest BCUT2D eigenvalue weighted by molar-refractivity contribution is 0.0428. The van der Waals surface area contributed by atoms with Gasteiger partial charge in [0, 0.05) is 44.9 Å². The molecule has 2 aromatic heterocycles. The third-order valence-electron chi connectivity index (χ3n) is 13.2. The molecule has 0 spiro atoms. The fourth-order valence-corrected chi connectivity index (χ4v) is 9.36. The molecule has 0 fully saturated rings. The highest BCUT2D eigenvalue weighted by Crippen LogP contribution is 2.53. The van der Waals surface area contributed by atoms with Gasteiger partial charge in [-0.2, -0.15) is 8.78 Å². The van der Waals surface area contributed by atoms with Gasteiger partial charge in [-0.15, -0.1) is 0 Å². The van der Waals surface area contributed by atoms with E-state index in [4.69, 9.17) is 13.2 Å². The number of anilines is 4. The maximum atomic E-state index is 18.0. The highest BCUT2D eigenvalue weighted by molar-refractivity contribution is 6.09. The number of nitrogens with zero attached hydrogens (tertiary/aromatic N) is 4. The van der Waals surface area contributed by atoms with Gasteiger partial charge in [0.25, 0.3) is 5.92 Å². The standard InChI is InChI=1S/C60H56F2N4/c1-38-39(2)55(41-20-12-10-13-21-41)57(56(40(38)3)42-22-14-11-15-23-42)65-37-64(51-26-18-19-27-52(51)65)47-33-45(59(7,8)9)32-46(34-47)60(61,62)44-28-29-49-48-24-16-17-25-50(48)66(53(49)35-44)54-36-43(30-31-63-54)58(4,5)6/h10-36H,37H2,1-9H3/i10D,11D,12D,13D,14D,15D,20D,21D,22D,23D. The number of halogens is 2. The van der Waals surface area contributed by atoms with Crippen LogP contribution in [-0.2, 0) is 16.8 Å². The molecule has 9 aromatic rings. The van der Waals surface area contributed by atoms with E-state index in [1.807, 2.05) is 95.8 Å². The molecule has 6 heteroatoms. The van der Waals surface area contributed by atoms with Gasteiger partial charge in [-0.1, -0.05) is 144 Å². The lowest BCUT2D eigenvalue weighted by Gasteiger charge is -2.31. The zero-order valence-electron chi connectivity index (χ0n) is 48.6. The molecule has 4 nitrogen and oxygen atoms in total. The van der Waals surface area contributed by atoms with Crippen LogP contribution in [0.2, 0.25) is 0 Å². The molecule has 330 valence electrons. The van der Waals surface area contributed by atoms with Crippen LogP contribution < -0.4 is 9.80 Å². The van der Waals surface area contributed by atoms with Crippen molar-refractivity contribution >= 4 is 44.6 Å². The number of hydrogen-bond donors (Lipinski definition) is 0. The summed E-state index contributed by atoms with van der Waals surface area (Å²) in [6, 6.07) is 23.3. The lowest BCUT2D eigenvalue weighted by Crippen LogP contribution is -2.27. The van der Waals surface area contributed by atoms with Crippen LogP contribution in [0.5, 0.6) is 0 Å². The summed E-state index contributed by atoms with van der Waals surface area (Å²) in [4.78, 5) is 8.47. The van der Waals surface area contributed by atoms with Gasteiger partial charge >= 0.3 is 0 Å². The monoisotopic (exact) mass is 881 g/mol. The van der Waals surface area contributed by atoms with E-state index in [0.717, 1.165) is 21.9 Å². The number of para-hydroxylation sites is 3. The Labute approximate surface area is 401 Å². The molecule has 7 aromatic carbocycles. The lowest BCUT2D eigenvalue weighted by atomic mass is 9.84. The summed E-state index contributed by atoms with van der Waals surface area (Å²) in [6.07, 6.45) is 1.75. The summed E-state index contributed by atoms with van der Waals surface area (Å²) in [5.74, 6) is -2.95. The maximum Gasteiger partial charge on any atom is 0.298 e. The van der Waals surface area contributed by atoms with E-state index in [1.54, 1.807) is 51.2 Å². The fraction of sp³-hybridized carbons (Fsp3) is 0.217. The van der Waals surface area contributed by atoms with Crippen LogP contribution in [0.4, 0.5) is 31.5 Å². The molecular formula is C60H56F2N4. The van der Waals surface area contributed by atoms with Crippen LogP contribution in [0.25, 0.3) is 49.9 Å². The zero-order valence-corrected chi connectivity index (χ0v) is 38.6. The molecule has 0 amide bonds. The minimum Gasteiger partial charge on any atom is -0.321 e. The van der Waals surface area contributed by atoms with Crippen LogP contribution in [0, 0.1) is 20.8 Å². The number of rotatable bonds is 7. The van der Waals surface area contributed by atoms with Gasteiger partial charge in [0.05, 0.1) is 41.8 Å². The molecule has 66 heavy (non-hydrogen) atoms. The Morgan fingerprint density at radius 2 is 1.09 bits per heavy atom. The minimum absolute atomic E-state index is 0.0933. The average Bonchev–Trinajstić information content (AvgIpc) is 3.98. The molecular weight excluding hydrogens is 815 g/mol. The third kappa shape index (κ3) is 7.15. The Morgan fingerprint density at radius 1 is 0.530 bits per heavy atom. The molecule has 0 radical (unpaired) electrons. The molecule has 1 aliphatic rings. The quantitative estimate of drug-likeness (QED) is 0.159. The van der Waals surface area contributed by atoms with Crippen molar-refractivity contribution in [2.45, 2.75) is 79.1 Å². The molecule has 0 aliphatic carbocycles. The van der Waals surface area contributed by atoms with Crippen LogP contribution in [-0.4, -0.2) is 16.2 Å². The molecule has 0 unspecified atom stereocenters. The smallest absolute Gasteiger partial charge is 0.298 e. The topological polar surface area (TPSA) is 24.3 Å². The number of pyridine rings is 1. The number of fused-ring (bicyclic) bond motifs is 4. The predicted octanol–water partition coefficient (Wildman–Crippen LogP) is 16.4. The van der Waals surface area contributed by atoms with Crippen molar-refractivity contribution < 1.29 is 22.5 Å². The van der Waals surface area contributed by atoms with Gasteiger partial charge in [0.2, 0.25) is 0 Å². The molecule has 10 rings (SSSR count). The van der Waals surface area contributed by atoms with Crippen LogP contribution in [0.15, 0.2) is 164 Å². The summed E-state index contributed by atoms with van der Waals surface area (Å²) < 4.78 is 127. The predicted molar refractivity (Wildman–Crippen MR) is 273 cm³/mol. The summed E-state index contributed by atoms with van der Waals surface area (Å²) in [6.45, 7) is 17.4. The number of hydrogen-bond acceptors (Lipinski definition) is 3. The largest absolute Gasteiger partial charge is 0.321 e. The Morgan fingerprint density at radius 3 is 1.71 bits per heavy atom. The number of aromatic nitrogens is 2. The average molecular weight is 881 g/mol. The normalized spacial score (nSPS) is 15.4. The van der Waals surface area contributed by atoms with E-state index < -0.39 is 71.8 Å². The van der Waals surface area contributed by atoms with E-state index >= 15 is 8.78 Å². The Hall–Kier alpha value is -7.05. The second-order valence-corrected chi connectivity index (χ2v) is 19.3. The zero-order chi connectivity index (χ0) is 55.0. The first-order valence-corrected chi connectivity index (χ1v) is 22.1. The van der Waals surface area contributed by atoms with Crippen molar-refractivity contribution in [3.8, 4) is 28.1 Å². The molecule has 0 N–H and O–H groups in total.